The second-order valence-corrected chi connectivity index (χ2v) is 9.49. The number of anilines is 1. The Balaban J connectivity index is 1.58. The van der Waals surface area contributed by atoms with Gasteiger partial charge < -0.3 is 10.1 Å². The van der Waals surface area contributed by atoms with Crippen LogP contribution < -0.4 is 15.4 Å². The minimum atomic E-state index is -0.710. The Bertz CT molecular complexity index is 1020. The van der Waals surface area contributed by atoms with E-state index >= 15 is 0 Å². The Morgan fingerprint density at radius 2 is 1.78 bits per heavy atom. The second kappa shape index (κ2) is 11.6. The van der Waals surface area contributed by atoms with Gasteiger partial charge >= 0.3 is 0 Å². The van der Waals surface area contributed by atoms with Crippen molar-refractivity contribution in [3.8, 4) is 5.75 Å². The molecule has 1 heterocycles. The van der Waals surface area contributed by atoms with Crippen LogP contribution in [0.1, 0.15) is 36.7 Å². The van der Waals surface area contributed by atoms with Crippen LogP contribution in [-0.2, 0) is 10.5 Å². The van der Waals surface area contributed by atoms with E-state index in [1.807, 2.05) is 39.0 Å². The van der Waals surface area contributed by atoms with E-state index in [0.29, 0.717) is 23.1 Å². The zero-order valence-corrected chi connectivity index (χ0v) is 19.8. The van der Waals surface area contributed by atoms with E-state index < -0.39 is 6.04 Å². The first-order valence-corrected chi connectivity index (χ1v) is 12.1. The van der Waals surface area contributed by atoms with E-state index in [1.54, 1.807) is 36.0 Å². The SMILES string of the molecule is CCOc1ccc(C(=O)NC(C(=O)Nc2nnc(SCc3ccccc3)s2)C(C)C)cc1. The van der Waals surface area contributed by atoms with Crippen LogP contribution in [0.2, 0.25) is 0 Å². The predicted molar refractivity (Wildman–Crippen MR) is 128 cm³/mol. The van der Waals surface area contributed by atoms with Crippen molar-refractivity contribution >= 4 is 40.0 Å². The van der Waals surface area contributed by atoms with Crippen molar-refractivity contribution in [2.24, 2.45) is 5.92 Å². The van der Waals surface area contributed by atoms with E-state index in [-0.39, 0.29) is 17.7 Å². The van der Waals surface area contributed by atoms with Crippen LogP contribution in [-0.4, -0.2) is 34.7 Å². The first-order chi connectivity index (χ1) is 15.5. The lowest BCUT2D eigenvalue weighted by Gasteiger charge is -2.21. The summed E-state index contributed by atoms with van der Waals surface area (Å²) in [5, 5.41) is 14.2. The van der Waals surface area contributed by atoms with Gasteiger partial charge in [0.25, 0.3) is 5.91 Å². The molecule has 0 radical (unpaired) electrons. The number of carbonyl (C=O) groups is 2. The lowest BCUT2D eigenvalue weighted by Crippen LogP contribution is -2.47. The van der Waals surface area contributed by atoms with Gasteiger partial charge in [-0.05, 0) is 42.7 Å². The predicted octanol–water partition coefficient (Wildman–Crippen LogP) is 4.62. The number of aromatic nitrogens is 2. The number of carbonyl (C=O) groups excluding carboxylic acids is 2. The van der Waals surface area contributed by atoms with Crippen molar-refractivity contribution in [2.45, 2.75) is 36.9 Å². The van der Waals surface area contributed by atoms with Crippen LogP contribution >= 0.6 is 23.1 Å². The van der Waals surface area contributed by atoms with Crippen molar-refractivity contribution in [2.75, 3.05) is 11.9 Å². The van der Waals surface area contributed by atoms with Gasteiger partial charge in [-0.15, -0.1) is 10.2 Å². The van der Waals surface area contributed by atoms with Gasteiger partial charge in [-0.25, -0.2) is 0 Å². The Kier molecular flexibility index (Phi) is 8.64. The van der Waals surface area contributed by atoms with Crippen molar-refractivity contribution in [3.05, 3.63) is 65.7 Å². The normalized spacial score (nSPS) is 11.8. The van der Waals surface area contributed by atoms with Crippen LogP contribution in [0, 0.1) is 5.92 Å². The van der Waals surface area contributed by atoms with Crippen LogP contribution in [0.3, 0.4) is 0 Å². The first kappa shape index (κ1) is 23.7. The van der Waals surface area contributed by atoms with Gasteiger partial charge in [0.2, 0.25) is 11.0 Å². The highest BCUT2D eigenvalue weighted by atomic mass is 32.2. The van der Waals surface area contributed by atoms with Gasteiger partial charge in [0.1, 0.15) is 11.8 Å². The summed E-state index contributed by atoms with van der Waals surface area (Å²) >= 11 is 2.88. The van der Waals surface area contributed by atoms with E-state index in [2.05, 4.69) is 33.0 Å². The molecule has 3 rings (SSSR count). The fourth-order valence-corrected chi connectivity index (χ4v) is 4.56. The Morgan fingerprint density at radius 3 is 2.44 bits per heavy atom. The smallest absolute Gasteiger partial charge is 0.251 e. The molecule has 2 N–H and O–H groups in total. The lowest BCUT2D eigenvalue weighted by molar-refractivity contribution is -0.118. The van der Waals surface area contributed by atoms with Gasteiger partial charge in [-0.3, -0.25) is 14.9 Å². The zero-order chi connectivity index (χ0) is 22.9. The number of thioether (sulfide) groups is 1. The van der Waals surface area contributed by atoms with E-state index in [0.717, 1.165) is 10.1 Å². The molecule has 168 valence electrons. The van der Waals surface area contributed by atoms with Crippen LogP contribution in [0.5, 0.6) is 5.75 Å². The molecule has 0 saturated carbocycles. The third kappa shape index (κ3) is 6.80. The Labute approximate surface area is 196 Å². The Hall–Kier alpha value is -2.91. The average Bonchev–Trinajstić information content (AvgIpc) is 3.24. The molecule has 0 spiro atoms. The zero-order valence-electron chi connectivity index (χ0n) is 18.2. The van der Waals surface area contributed by atoms with Crippen molar-refractivity contribution in [1.82, 2.24) is 15.5 Å². The number of ether oxygens (including phenoxy) is 1. The van der Waals surface area contributed by atoms with Crippen LogP contribution in [0.4, 0.5) is 5.13 Å². The highest BCUT2D eigenvalue weighted by Crippen LogP contribution is 2.28. The third-order valence-electron chi connectivity index (χ3n) is 4.50. The summed E-state index contributed by atoms with van der Waals surface area (Å²) in [7, 11) is 0. The van der Waals surface area contributed by atoms with Gasteiger partial charge in [-0.2, -0.15) is 0 Å². The molecule has 1 unspecified atom stereocenters. The highest BCUT2D eigenvalue weighted by molar-refractivity contribution is 8.00. The van der Waals surface area contributed by atoms with E-state index in [4.69, 9.17) is 4.74 Å². The quantitative estimate of drug-likeness (QED) is 0.332. The number of rotatable bonds is 10. The molecule has 1 atom stereocenters. The van der Waals surface area contributed by atoms with Gasteiger partial charge in [0, 0.05) is 11.3 Å². The number of benzene rings is 2. The summed E-state index contributed by atoms with van der Waals surface area (Å²) in [5.41, 5.74) is 1.65. The maximum Gasteiger partial charge on any atom is 0.251 e. The first-order valence-electron chi connectivity index (χ1n) is 10.3. The summed E-state index contributed by atoms with van der Waals surface area (Å²) in [4.78, 5) is 25.5. The molecule has 9 heteroatoms. The number of hydrogen-bond acceptors (Lipinski definition) is 7. The third-order valence-corrected chi connectivity index (χ3v) is 6.55. The van der Waals surface area contributed by atoms with E-state index in [1.165, 1.54) is 16.9 Å². The average molecular weight is 471 g/mol. The minimum Gasteiger partial charge on any atom is -0.494 e. The monoisotopic (exact) mass is 470 g/mol. The molecule has 0 bridgehead atoms. The number of hydrogen-bond donors (Lipinski definition) is 2. The highest BCUT2D eigenvalue weighted by Gasteiger charge is 2.25. The van der Waals surface area contributed by atoms with Crippen molar-refractivity contribution in [3.63, 3.8) is 0 Å². The molecule has 0 aliphatic carbocycles. The number of amides is 2. The molecule has 0 saturated heterocycles. The van der Waals surface area contributed by atoms with Crippen molar-refractivity contribution < 1.29 is 14.3 Å². The fraction of sp³-hybridized carbons (Fsp3) is 0.304. The lowest BCUT2D eigenvalue weighted by atomic mass is 10.0. The molecule has 7 nitrogen and oxygen atoms in total. The molecule has 2 amide bonds. The maximum atomic E-state index is 12.8. The molecule has 0 aliphatic heterocycles. The van der Waals surface area contributed by atoms with Crippen LogP contribution in [0.15, 0.2) is 58.9 Å². The van der Waals surface area contributed by atoms with E-state index in [9.17, 15) is 9.59 Å². The van der Waals surface area contributed by atoms with Crippen molar-refractivity contribution in [1.29, 1.82) is 0 Å². The summed E-state index contributed by atoms with van der Waals surface area (Å²) in [6.07, 6.45) is 0. The second-order valence-electron chi connectivity index (χ2n) is 7.29. The topological polar surface area (TPSA) is 93.2 Å². The van der Waals surface area contributed by atoms with Crippen LogP contribution in [0.25, 0.3) is 0 Å². The largest absolute Gasteiger partial charge is 0.494 e. The minimum absolute atomic E-state index is 0.110. The maximum absolute atomic E-state index is 12.8. The molecule has 3 aromatic rings. The standard InChI is InChI=1S/C23H26N4O3S2/c1-4-30-18-12-10-17(11-13-18)20(28)24-19(15(2)3)21(29)25-22-26-27-23(32-22)31-14-16-8-6-5-7-9-16/h5-13,15,19H,4,14H2,1-3H3,(H,24,28)(H,25,26,29). The Morgan fingerprint density at radius 1 is 1.06 bits per heavy atom. The molecule has 1 aromatic heterocycles. The summed E-state index contributed by atoms with van der Waals surface area (Å²) < 4.78 is 6.17. The fourth-order valence-electron chi connectivity index (χ4n) is 2.85. The molecule has 0 aliphatic rings. The molecular weight excluding hydrogens is 444 g/mol. The number of nitrogens with zero attached hydrogens (tertiary/aromatic N) is 2. The van der Waals surface area contributed by atoms with Gasteiger partial charge in [0.05, 0.1) is 6.61 Å². The molecule has 0 fully saturated rings. The molecule has 2 aromatic carbocycles. The summed E-state index contributed by atoms with van der Waals surface area (Å²) in [6.45, 7) is 6.21. The molecule has 32 heavy (non-hydrogen) atoms. The van der Waals surface area contributed by atoms with Gasteiger partial charge in [-0.1, -0.05) is 67.3 Å². The summed E-state index contributed by atoms with van der Waals surface area (Å²) in [6, 6.07) is 16.2. The number of nitrogens with one attached hydrogen (secondary N) is 2. The molecular formula is C23H26N4O3S2. The van der Waals surface area contributed by atoms with Gasteiger partial charge in [0.15, 0.2) is 4.34 Å². The summed E-state index contributed by atoms with van der Waals surface area (Å²) in [5.74, 6) is 0.713.